The van der Waals surface area contributed by atoms with Crippen molar-refractivity contribution in [3.05, 3.63) is 302 Å². The number of benzene rings is 6. The fourth-order valence-corrected chi connectivity index (χ4v) is 19.0. The summed E-state index contributed by atoms with van der Waals surface area (Å²) in [5.74, 6) is 1.84. The number of anilines is 4. The van der Waals surface area contributed by atoms with Crippen molar-refractivity contribution in [1.29, 1.82) is 0 Å². The molecule has 2 bridgehead atoms. The normalized spacial score (nSPS) is 16.3. The molecule has 14 aromatic heterocycles. The third-order valence-electron chi connectivity index (χ3n) is 25.6. The number of imidazole rings is 4. The van der Waals surface area contributed by atoms with Gasteiger partial charge in [-0.3, -0.25) is 13.7 Å². The first kappa shape index (κ1) is 87.3. The van der Waals surface area contributed by atoms with Crippen molar-refractivity contribution in [2.45, 2.75) is 44.9 Å². The quantitative estimate of drug-likeness (QED) is 0.0900. The van der Waals surface area contributed by atoms with Crippen molar-refractivity contribution in [3.8, 4) is 61.4 Å². The van der Waals surface area contributed by atoms with E-state index >= 15 is 0 Å². The lowest BCUT2D eigenvalue weighted by atomic mass is 10.1. The van der Waals surface area contributed by atoms with Gasteiger partial charge in [0, 0.05) is 247 Å². The number of likely N-dealkylation sites (tertiary alicyclic amines) is 1. The summed E-state index contributed by atoms with van der Waals surface area (Å²) in [4.78, 5) is 110. The average molecular weight is 1840 g/mol. The number of rotatable bonds is 15. The van der Waals surface area contributed by atoms with E-state index in [0.29, 0.717) is 113 Å². The van der Waals surface area contributed by atoms with E-state index in [9.17, 15) is 24.0 Å². The molecule has 0 unspecified atom stereocenters. The molecule has 33 heteroatoms. The molecule has 5 aliphatic rings. The summed E-state index contributed by atoms with van der Waals surface area (Å²) in [6.07, 6.45) is 20.2. The van der Waals surface area contributed by atoms with E-state index in [1.807, 2.05) is 221 Å². The van der Waals surface area contributed by atoms with Crippen molar-refractivity contribution in [3.63, 3.8) is 0 Å². The van der Waals surface area contributed by atoms with E-state index in [2.05, 4.69) is 117 Å². The number of piperazine rings is 3. The first-order valence-electron chi connectivity index (χ1n) is 45.6. The van der Waals surface area contributed by atoms with E-state index < -0.39 is 5.63 Å². The molecule has 136 heavy (non-hydrogen) atoms. The number of hydrogen-bond donors (Lipinski definition) is 2. The highest BCUT2D eigenvalue weighted by Crippen LogP contribution is 2.37. The van der Waals surface area contributed by atoms with Crippen LogP contribution in [-0.2, 0) is 0 Å². The topological polar surface area (TPSA) is 328 Å². The summed E-state index contributed by atoms with van der Waals surface area (Å²) in [7, 11) is 8.25. The van der Waals surface area contributed by atoms with Crippen LogP contribution in [0.15, 0.2) is 290 Å². The van der Waals surface area contributed by atoms with Gasteiger partial charge in [0.25, 0.3) is 0 Å². The fourth-order valence-electron chi connectivity index (χ4n) is 18.0. The van der Waals surface area contributed by atoms with Crippen LogP contribution in [0.5, 0.6) is 5.75 Å². The van der Waals surface area contributed by atoms with E-state index in [1.165, 1.54) is 17.8 Å². The molecule has 32 nitrogen and oxygen atoms in total. The molecule has 686 valence electrons. The first-order valence-corrected chi connectivity index (χ1v) is 46.4. The van der Waals surface area contributed by atoms with Crippen molar-refractivity contribution < 1.29 is 26.8 Å². The summed E-state index contributed by atoms with van der Waals surface area (Å²) in [6, 6.07) is 59.3. The number of aromatic nitrogens is 12. The molecule has 0 spiro atoms. The second-order valence-corrected chi connectivity index (χ2v) is 36.1. The number of likely N-dealkylation sites (N-methyl/N-ethyl adjacent to an activating group) is 4. The van der Waals surface area contributed by atoms with Crippen molar-refractivity contribution in [2.24, 2.45) is 0 Å². The lowest BCUT2D eigenvalue weighted by Crippen LogP contribution is -2.44. The molecule has 0 saturated carbocycles. The summed E-state index contributed by atoms with van der Waals surface area (Å²) in [5, 5.41) is 16.1. The number of thiazole rings is 1. The smallest absolute Gasteiger partial charge is 0.346 e. The van der Waals surface area contributed by atoms with Crippen LogP contribution in [0.4, 0.5) is 22.7 Å². The van der Waals surface area contributed by atoms with Crippen LogP contribution in [0.2, 0.25) is 0 Å². The Bertz CT molecular complexity index is 8090. The molecule has 5 fully saturated rings. The Kier molecular flexibility index (Phi) is 24.1. The van der Waals surface area contributed by atoms with Crippen molar-refractivity contribution in [2.75, 3.05) is 146 Å². The van der Waals surface area contributed by atoms with Crippen LogP contribution >= 0.6 is 11.3 Å². The Hall–Kier alpha value is -15.4. The van der Waals surface area contributed by atoms with Gasteiger partial charge in [-0.25, -0.2) is 63.4 Å². The summed E-state index contributed by atoms with van der Waals surface area (Å²) < 4.78 is 42.4. The van der Waals surface area contributed by atoms with Gasteiger partial charge in [-0.15, -0.1) is 11.3 Å². The zero-order valence-corrected chi connectivity index (χ0v) is 76.6. The van der Waals surface area contributed by atoms with Crippen molar-refractivity contribution >= 4 is 122 Å². The Labute approximate surface area is 781 Å². The number of hydrogen-bond acceptors (Lipinski definition) is 29. The number of pyridine rings is 1. The first-order chi connectivity index (χ1) is 66.3. The Morgan fingerprint density at radius 3 is 1.61 bits per heavy atom. The highest BCUT2D eigenvalue weighted by molar-refractivity contribution is 7.21. The monoisotopic (exact) mass is 1840 g/mol. The summed E-state index contributed by atoms with van der Waals surface area (Å²) in [6.45, 7) is 18.9. The van der Waals surface area contributed by atoms with Gasteiger partial charge in [0.1, 0.15) is 50.4 Å². The van der Waals surface area contributed by atoms with E-state index in [1.54, 1.807) is 50.5 Å². The lowest BCUT2D eigenvalue weighted by Gasteiger charge is -2.34. The Balaban J connectivity index is 0.000000102. The zero-order valence-electron chi connectivity index (χ0n) is 75.7. The minimum Gasteiger partial charge on any atom is -0.489 e. The second kappa shape index (κ2) is 37.6. The molecule has 2 N–H and O–H groups in total. The highest BCUT2D eigenvalue weighted by atomic mass is 32.1. The van der Waals surface area contributed by atoms with Crippen molar-refractivity contribution in [1.82, 2.24) is 83.0 Å². The highest BCUT2D eigenvalue weighted by Gasteiger charge is 2.38. The predicted octanol–water partition coefficient (Wildman–Crippen LogP) is 14.2. The van der Waals surface area contributed by atoms with Gasteiger partial charge in [0.2, 0.25) is 11.6 Å². The molecule has 3 atom stereocenters. The lowest BCUT2D eigenvalue weighted by molar-refractivity contribution is 0.202. The zero-order chi connectivity index (χ0) is 92.8. The van der Waals surface area contributed by atoms with Crippen LogP contribution in [0.1, 0.15) is 25.3 Å². The molecule has 5 aliphatic heterocycles. The maximum absolute atomic E-state index is 12.6. The molecule has 0 radical (unpaired) electrons. The molecule has 20 aromatic rings. The number of nitrogens with one attached hydrogen (secondary N) is 2. The Morgan fingerprint density at radius 2 is 1.03 bits per heavy atom. The molecular weight excluding hydrogens is 1740 g/mol. The van der Waals surface area contributed by atoms with Gasteiger partial charge in [-0.1, -0.05) is 19.1 Å². The number of aryl methyl sites for hydroxylation is 1. The SMILES string of the molecule is CCN1CC[C@@H](Oc2ccc3cc(-c4nc5ccccc5s4)c(=O)oc3c2)C1.CN(C)CCN(C)c1ccc2cc(-c3cn4cccnc4n3)c(=O)oc2c1.CN1CCN(c2ccc3cc(-c4cn5ncccc5n4)c(=O)oc3c2)CC1.Cc1ccn2cc(-c3cc4ccc(N5CCNCC5)cc4oc3=O)nc2c1.O=c1oc2cc(N3C[C@@H]4C[C@H]3CN4)ccc2cc1-c1cn2cccnc2n1. The van der Waals surface area contributed by atoms with E-state index in [4.69, 9.17) is 26.8 Å². The number of para-hydroxylation sites is 1. The van der Waals surface area contributed by atoms with Crippen LogP contribution < -0.4 is 63.1 Å². The molecule has 19 heterocycles. The standard InChI is InChI=1S/C22H20N2O3S.C21H20N4O2.C20H17N5O2.C20H19N5O2.C20H21N5O2/c1-2-24-10-9-16(13-24)26-15-8-7-14-11-17(22(25)27-19(14)12-15)21-23-18-5-3-4-6-20(18)28-21;1-14-4-7-25-13-18(23-20(25)10-14)17-11-15-2-3-16(12-19(15)27-21(17)26)24-8-5-22-6-9-24;26-19-16(17-11-24-5-1-4-21-20(24)23-17)6-12-2-3-14(8-18(12)27-19)25-10-13-7-15(25)9-22-13;1-23-7-9-24(10-8-23)15-5-4-14-11-16(20(26)27-18(14)12-15)17-13-25-19(22-17)3-2-6-21-25;1-23(2)9-10-24(3)15-6-5-14-11-16(19(26)27-18(14)12-15)17-13-25-8-4-7-21-20(25)22-17/h3-8,11-12,16H,2,9-10,13H2,1H3;2-4,7,10-13,22H,5-6,8-9H2,1H3;1-6,8,11,13,15,22H,7,9-10H2;2-6,11-13H,7-10H2,1H3;4-8,11-13H,9-10H2,1-3H3/t16-;;13-,15-;;/m1.0../s1. The third kappa shape index (κ3) is 18.5. The van der Waals surface area contributed by atoms with E-state index in [0.717, 1.165) is 181 Å². The van der Waals surface area contributed by atoms with Crippen LogP contribution in [0.3, 0.4) is 0 Å². The van der Waals surface area contributed by atoms with Gasteiger partial charge >= 0.3 is 28.1 Å². The Morgan fingerprint density at radius 1 is 0.485 bits per heavy atom. The minimum atomic E-state index is -0.404. The van der Waals surface area contributed by atoms with Crippen LogP contribution in [-0.4, -0.2) is 217 Å². The van der Waals surface area contributed by atoms with Gasteiger partial charge in [-0.2, -0.15) is 5.10 Å². The second-order valence-electron chi connectivity index (χ2n) is 35.1. The molecule has 25 rings (SSSR count). The largest absolute Gasteiger partial charge is 0.489 e. The van der Waals surface area contributed by atoms with Gasteiger partial charge in [0.05, 0.1) is 67.0 Å². The predicted molar refractivity (Wildman–Crippen MR) is 531 cm³/mol. The molecular formula is C103H97N21O11S. The van der Waals surface area contributed by atoms with Gasteiger partial charge in [0.15, 0.2) is 5.65 Å². The van der Waals surface area contributed by atoms with E-state index in [-0.39, 0.29) is 28.6 Å². The summed E-state index contributed by atoms with van der Waals surface area (Å²) in [5.41, 5.74) is 13.5. The number of ether oxygens (including phenoxy) is 1. The molecule has 0 aliphatic carbocycles. The fraction of sp³-hybridized carbons (Fsp3) is 0.252. The molecule has 0 amide bonds. The van der Waals surface area contributed by atoms with Gasteiger partial charge < -0.3 is 71.3 Å². The van der Waals surface area contributed by atoms with Crippen LogP contribution in [0, 0.1) is 6.92 Å². The van der Waals surface area contributed by atoms with Gasteiger partial charge in [-0.05, 0) is 193 Å². The number of nitrogens with zero attached hydrogens (tertiary/aromatic N) is 19. The third-order valence-corrected chi connectivity index (χ3v) is 26.6. The minimum absolute atomic E-state index is 0.186. The average Bonchev–Trinajstić information content (AvgIpc) is 1.50. The summed E-state index contributed by atoms with van der Waals surface area (Å²) >= 11 is 1.50. The molecule has 5 saturated heterocycles. The number of fused-ring (bicyclic) bond motifs is 12. The molecule has 6 aromatic carbocycles. The maximum Gasteiger partial charge on any atom is 0.346 e. The van der Waals surface area contributed by atoms with Crippen LogP contribution in [0.25, 0.3) is 144 Å². The maximum atomic E-state index is 12.6.